The van der Waals surface area contributed by atoms with Crippen LogP contribution in [0.4, 0.5) is 11.4 Å². The highest BCUT2D eigenvalue weighted by Crippen LogP contribution is 2.22. The molecule has 1 aromatic heterocycles. The summed E-state index contributed by atoms with van der Waals surface area (Å²) in [5, 5.41) is 17.1. The van der Waals surface area contributed by atoms with Crippen molar-refractivity contribution in [3.8, 4) is 0 Å². The Morgan fingerprint density at radius 2 is 2.24 bits per heavy atom. The predicted octanol–water partition coefficient (Wildman–Crippen LogP) is 1.75. The zero-order valence-corrected chi connectivity index (χ0v) is 11.9. The van der Waals surface area contributed by atoms with Crippen molar-refractivity contribution in [2.75, 3.05) is 10.3 Å². The molecule has 7 nitrogen and oxygen atoms in total. The molecule has 7 heteroatoms. The quantitative estimate of drug-likeness (QED) is 0.931. The normalized spacial score (nSPS) is 13.1. The Labute approximate surface area is 122 Å². The Morgan fingerprint density at radius 3 is 3.05 bits per heavy atom. The number of rotatable bonds is 3. The molecule has 0 atom stereocenters. The molecule has 21 heavy (non-hydrogen) atoms. The molecule has 0 unspecified atom stereocenters. The smallest absolute Gasteiger partial charge is 0.224 e. The molecule has 1 amide bonds. The molecule has 1 aliphatic heterocycles. The highest BCUT2D eigenvalue weighted by molar-refractivity contribution is 5.91. The monoisotopic (exact) mass is 284 g/mol. The first-order valence-corrected chi connectivity index (χ1v) is 6.78. The van der Waals surface area contributed by atoms with Crippen molar-refractivity contribution in [3.05, 3.63) is 35.9 Å². The van der Waals surface area contributed by atoms with Crippen LogP contribution >= 0.6 is 0 Å². The lowest BCUT2D eigenvalue weighted by Gasteiger charge is -2.24. The standard InChI is InChI=1S/C14H16N6O/c1-3-14(21)16-11-5-4-6-12(7-11)20-9-19-10(2)17-18-13(19)8-15-20/h4-8H,3,9H2,1-2H3,(H,16,21). The molecule has 0 aliphatic carbocycles. The molecule has 0 saturated heterocycles. The molecule has 0 bridgehead atoms. The van der Waals surface area contributed by atoms with Crippen LogP contribution in [0.25, 0.3) is 0 Å². The van der Waals surface area contributed by atoms with Crippen molar-refractivity contribution in [1.29, 1.82) is 0 Å². The summed E-state index contributed by atoms with van der Waals surface area (Å²) in [5.74, 6) is 1.59. The van der Waals surface area contributed by atoms with E-state index in [4.69, 9.17) is 0 Å². The third-order valence-corrected chi connectivity index (χ3v) is 3.30. The number of carbonyl (C=O) groups is 1. The Bertz CT molecular complexity index is 705. The number of nitrogens with one attached hydrogen (secondary N) is 1. The van der Waals surface area contributed by atoms with Crippen molar-refractivity contribution in [3.63, 3.8) is 0 Å². The van der Waals surface area contributed by atoms with Crippen LogP contribution in [0.1, 0.15) is 25.0 Å². The average Bonchev–Trinajstić information content (AvgIpc) is 2.88. The van der Waals surface area contributed by atoms with Gasteiger partial charge in [0.05, 0.1) is 11.9 Å². The van der Waals surface area contributed by atoms with Gasteiger partial charge in [0.1, 0.15) is 12.5 Å². The lowest BCUT2D eigenvalue weighted by atomic mass is 10.2. The van der Waals surface area contributed by atoms with Gasteiger partial charge in [0.15, 0.2) is 5.82 Å². The SMILES string of the molecule is CCC(=O)Nc1cccc(N2Cn3c(C)nnc3C=N2)c1. The molecule has 0 spiro atoms. The van der Waals surface area contributed by atoms with Crippen LogP contribution in [-0.4, -0.2) is 26.9 Å². The summed E-state index contributed by atoms with van der Waals surface area (Å²) < 4.78 is 1.98. The number of benzene rings is 1. The maximum absolute atomic E-state index is 11.5. The van der Waals surface area contributed by atoms with Gasteiger partial charge in [-0.25, -0.2) is 5.01 Å². The second-order valence-corrected chi connectivity index (χ2v) is 4.77. The number of hydrazone groups is 1. The first-order chi connectivity index (χ1) is 10.2. The number of anilines is 2. The topological polar surface area (TPSA) is 75.4 Å². The molecule has 1 N–H and O–H groups in total. The van der Waals surface area contributed by atoms with Crippen molar-refractivity contribution in [2.24, 2.45) is 5.10 Å². The summed E-state index contributed by atoms with van der Waals surface area (Å²) in [6, 6.07) is 7.60. The van der Waals surface area contributed by atoms with Gasteiger partial charge in [-0.15, -0.1) is 10.2 Å². The van der Waals surface area contributed by atoms with Crippen LogP contribution in [0.5, 0.6) is 0 Å². The number of nitrogens with zero attached hydrogens (tertiary/aromatic N) is 5. The molecular weight excluding hydrogens is 268 g/mol. The maximum Gasteiger partial charge on any atom is 0.224 e. The molecular formula is C14H16N6O. The Kier molecular flexibility index (Phi) is 3.39. The zero-order chi connectivity index (χ0) is 14.8. The first kappa shape index (κ1) is 13.3. The summed E-state index contributed by atoms with van der Waals surface area (Å²) in [4.78, 5) is 11.5. The van der Waals surface area contributed by atoms with E-state index in [0.717, 1.165) is 23.0 Å². The fourth-order valence-corrected chi connectivity index (χ4v) is 2.10. The molecule has 0 radical (unpaired) electrons. The summed E-state index contributed by atoms with van der Waals surface area (Å²) >= 11 is 0. The Hall–Kier alpha value is -2.70. The van der Waals surface area contributed by atoms with Crippen LogP contribution in [0.2, 0.25) is 0 Å². The molecule has 1 aliphatic rings. The fraction of sp³-hybridized carbons (Fsp3) is 0.286. The van der Waals surface area contributed by atoms with Crippen LogP contribution in [0.15, 0.2) is 29.4 Å². The Balaban J connectivity index is 1.83. The van der Waals surface area contributed by atoms with Gasteiger partial charge in [0.2, 0.25) is 5.91 Å². The van der Waals surface area contributed by atoms with E-state index in [9.17, 15) is 4.79 Å². The second kappa shape index (κ2) is 5.35. The van der Waals surface area contributed by atoms with E-state index >= 15 is 0 Å². The molecule has 0 saturated carbocycles. The summed E-state index contributed by atoms with van der Waals surface area (Å²) in [5.41, 5.74) is 1.67. The molecule has 3 rings (SSSR count). The number of fused-ring (bicyclic) bond motifs is 1. The van der Waals surface area contributed by atoms with E-state index in [2.05, 4.69) is 20.6 Å². The highest BCUT2D eigenvalue weighted by Gasteiger charge is 2.16. The van der Waals surface area contributed by atoms with E-state index < -0.39 is 0 Å². The highest BCUT2D eigenvalue weighted by atomic mass is 16.1. The predicted molar refractivity (Wildman–Crippen MR) is 80.2 cm³/mol. The number of amides is 1. The first-order valence-electron chi connectivity index (χ1n) is 6.78. The summed E-state index contributed by atoms with van der Waals surface area (Å²) in [6.45, 7) is 4.28. The molecule has 0 fully saturated rings. The maximum atomic E-state index is 11.5. The van der Waals surface area contributed by atoms with Gasteiger partial charge in [0.25, 0.3) is 0 Å². The minimum Gasteiger partial charge on any atom is -0.326 e. The summed E-state index contributed by atoms with van der Waals surface area (Å²) in [7, 11) is 0. The van der Waals surface area contributed by atoms with Gasteiger partial charge in [-0.3, -0.25) is 9.36 Å². The van der Waals surface area contributed by atoms with Crippen molar-refractivity contribution in [2.45, 2.75) is 26.9 Å². The van der Waals surface area contributed by atoms with Gasteiger partial charge in [-0.05, 0) is 25.1 Å². The average molecular weight is 284 g/mol. The van der Waals surface area contributed by atoms with E-state index in [-0.39, 0.29) is 5.91 Å². The summed E-state index contributed by atoms with van der Waals surface area (Å²) in [6.07, 6.45) is 2.14. The van der Waals surface area contributed by atoms with Gasteiger partial charge in [-0.2, -0.15) is 5.10 Å². The van der Waals surface area contributed by atoms with Gasteiger partial charge < -0.3 is 5.32 Å². The molecule has 108 valence electrons. The van der Waals surface area contributed by atoms with Crippen LogP contribution < -0.4 is 10.3 Å². The number of carbonyl (C=O) groups excluding carboxylic acids is 1. The zero-order valence-electron chi connectivity index (χ0n) is 11.9. The van der Waals surface area contributed by atoms with E-state index in [1.807, 2.05) is 47.7 Å². The Morgan fingerprint density at radius 1 is 1.38 bits per heavy atom. The molecule has 2 heterocycles. The van der Waals surface area contributed by atoms with Crippen molar-refractivity contribution >= 4 is 23.5 Å². The minimum absolute atomic E-state index is 0.00812. The van der Waals surface area contributed by atoms with E-state index in [1.54, 1.807) is 6.21 Å². The van der Waals surface area contributed by atoms with Gasteiger partial charge >= 0.3 is 0 Å². The third kappa shape index (κ3) is 2.62. The minimum atomic E-state index is -0.00812. The molecule has 2 aromatic rings. The lowest BCUT2D eigenvalue weighted by Crippen LogP contribution is -2.27. The fourth-order valence-electron chi connectivity index (χ4n) is 2.10. The number of aromatic nitrogens is 3. The van der Waals surface area contributed by atoms with Crippen molar-refractivity contribution < 1.29 is 4.79 Å². The van der Waals surface area contributed by atoms with Crippen LogP contribution in [0.3, 0.4) is 0 Å². The van der Waals surface area contributed by atoms with Crippen molar-refractivity contribution in [1.82, 2.24) is 14.8 Å². The number of aryl methyl sites for hydroxylation is 1. The van der Waals surface area contributed by atoms with E-state index in [0.29, 0.717) is 13.1 Å². The number of hydrogen-bond acceptors (Lipinski definition) is 5. The largest absolute Gasteiger partial charge is 0.326 e. The molecule has 1 aromatic carbocycles. The van der Waals surface area contributed by atoms with Gasteiger partial charge in [0, 0.05) is 12.1 Å². The number of hydrogen-bond donors (Lipinski definition) is 1. The second-order valence-electron chi connectivity index (χ2n) is 4.77. The third-order valence-electron chi connectivity index (χ3n) is 3.30. The van der Waals surface area contributed by atoms with Crippen LogP contribution in [0, 0.1) is 6.92 Å². The van der Waals surface area contributed by atoms with Crippen LogP contribution in [-0.2, 0) is 11.5 Å². The van der Waals surface area contributed by atoms with E-state index in [1.165, 1.54) is 0 Å². The lowest BCUT2D eigenvalue weighted by molar-refractivity contribution is -0.115. The van der Waals surface area contributed by atoms with Gasteiger partial charge in [-0.1, -0.05) is 13.0 Å².